The lowest BCUT2D eigenvalue weighted by Crippen LogP contribution is -2.45. The zero-order chi connectivity index (χ0) is 13.2. The Morgan fingerprint density at radius 2 is 2.17 bits per heavy atom. The minimum atomic E-state index is -0.534. The lowest BCUT2D eigenvalue weighted by Gasteiger charge is -2.36. The summed E-state index contributed by atoms with van der Waals surface area (Å²) in [5.41, 5.74) is 0.0579. The molecule has 0 fully saturated rings. The highest BCUT2D eigenvalue weighted by Gasteiger charge is 2.39. The SMILES string of the molecule is CCC1(COC)CC(=O)c2cc(OC)ccc2O1. The average molecular weight is 250 g/mol. The van der Waals surface area contributed by atoms with Crippen molar-refractivity contribution >= 4 is 5.78 Å². The first kappa shape index (κ1) is 12.9. The van der Waals surface area contributed by atoms with Gasteiger partial charge in [-0.1, -0.05) is 6.92 Å². The summed E-state index contributed by atoms with van der Waals surface area (Å²) in [4.78, 5) is 12.2. The Balaban J connectivity index is 2.37. The van der Waals surface area contributed by atoms with Crippen LogP contribution in [0.3, 0.4) is 0 Å². The maximum Gasteiger partial charge on any atom is 0.170 e. The second kappa shape index (κ2) is 4.98. The first-order valence-electron chi connectivity index (χ1n) is 6.03. The number of ether oxygens (including phenoxy) is 3. The number of ketones is 1. The van der Waals surface area contributed by atoms with Gasteiger partial charge >= 0.3 is 0 Å². The zero-order valence-electron chi connectivity index (χ0n) is 11.0. The van der Waals surface area contributed by atoms with Gasteiger partial charge in [-0.3, -0.25) is 4.79 Å². The molecule has 2 rings (SSSR count). The van der Waals surface area contributed by atoms with E-state index < -0.39 is 5.60 Å². The van der Waals surface area contributed by atoms with Crippen LogP contribution in [0.1, 0.15) is 30.1 Å². The Kier molecular flexibility index (Phi) is 3.57. The normalized spacial score (nSPS) is 22.3. The van der Waals surface area contributed by atoms with E-state index in [1.54, 1.807) is 32.4 Å². The summed E-state index contributed by atoms with van der Waals surface area (Å²) in [6.07, 6.45) is 1.08. The third-order valence-electron chi connectivity index (χ3n) is 3.35. The van der Waals surface area contributed by atoms with Gasteiger partial charge in [0, 0.05) is 7.11 Å². The zero-order valence-corrected chi connectivity index (χ0v) is 11.0. The number of Topliss-reactive ketones (excluding diaryl/α,β-unsaturated/α-hetero) is 1. The van der Waals surface area contributed by atoms with Gasteiger partial charge in [-0.2, -0.15) is 0 Å². The lowest BCUT2D eigenvalue weighted by atomic mass is 9.88. The lowest BCUT2D eigenvalue weighted by molar-refractivity contribution is -0.0212. The summed E-state index contributed by atoms with van der Waals surface area (Å²) < 4.78 is 16.3. The molecule has 1 aromatic carbocycles. The molecule has 0 aromatic heterocycles. The Hall–Kier alpha value is -1.55. The molecule has 4 heteroatoms. The molecule has 1 atom stereocenters. The smallest absolute Gasteiger partial charge is 0.170 e. The predicted octanol–water partition coefficient (Wildman–Crippen LogP) is 2.46. The molecule has 0 saturated carbocycles. The fraction of sp³-hybridized carbons (Fsp3) is 0.500. The van der Waals surface area contributed by atoms with Gasteiger partial charge in [0.25, 0.3) is 0 Å². The fourth-order valence-corrected chi connectivity index (χ4v) is 2.24. The van der Waals surface area contributed by atoms with Gasteiger partial charge in [0.15, 0.2) is 5.78 Å². The molecule has 18 heavy (non-hydrogen) atoms. The van der Waals surface area contributed by atoms with Crippen LogP contribution in [0.25, 0.3) is 0 Å². The Labute approximate surface area is 107 Å². The molecule has 0 amide bonds. The minimum Gasteiger partial charge on any atom is -0.497 e. The van der Waals surface area contributed by atoms with Crippen LogP contribution in [0, 0.1) is 0 Å². The van der Waals surface area contributed by atoms with Crippen LogP contribution in [-0.4, -0.2) is 32.2 Å². The third kappa shape index (κ3) is 2.20. The standard InChI is InChI=1S/C14H18O4/c1-4-14(9-16-2)8-12(15)11-7-10(17-3)5-6-13(11)18-14/h5-7H,4,8-9H2,1-3H3. The van der Waals surface area contributed by atoms with E-state index in [-0.39, 0.29) is 5.78 Å². The average Bonchev–Trinajstić information content (AvgIpc) is 2.39. The third-order valence-corrected chi connectivity index (χ3v) is 3.35. The number of benzene rings is 1. The highest BCUT2D eigenvalue weighted by Crippen LogP contribution is 2.37. The highest BCUT2D eigenvalue weighted by molar-refractivity contribution is 6.00. The second-order valence-electron chi connectivity index (χ2n) is 4.53. The minimum absolute atomic E-state index is 0.0778. The molecule has 1 aliphatic rings. The first-order chi connectivity index (χ1) is 8.64. The van der Waals surface area contributed by atoms with Crippen LogP contribution in [-0.2, 0) is 4.74 Å². The van der Waals surface area contributed by atoms with Crippen molar-refractivity contribution in [1.29, 1.82) is 0 Å². The van der Waals surface area contributed by atoms with Crippen molar-refractivity contribution in [2.75, 3.05) is 20.8 Å². The molecule has 0 aliphatic carbocycles. The number of fused-ring (bicyclic) bond motifs is 1. The molecular formula is C14H18O4. The summed E-state index contributed by atoms with van der Waals surface area (Å²) >= 11 is 0. The molecule has 4 nitrogen and oxygen atoms in total. The van der Waals surface area contributed by atoms with Gasteiger partial charge < -0.3 is 14.2 Å². The Bertz CT molecular complexity index is 455. The van der Waals surface area contributed by atoms with E-state index in [0.29, 0.717) is 30.1 Å². The van der Waals surface area contributed by atoms with Gasteiger partial charge in [-0.25, -0.2) is 0 Å². The Morgan fingerprint density at radius 1 is 1.39 bits per heavy atom. The summed E-state index contributed by atoms with van der Waals surface area (Å²) in [6.45, 7) is 2.42. The molecular weight excluding hydrogens is 232 g/mol. The summed E-state index contributed by atoms with van der Waals surface area (Å²) in [5.74, 6) is 1.36. The topological polar surface area (TPSA) is 44.8 Å². The molecule has 0 spiro atoms. The van der Waals surface area contributed by atoms with Gasteiger partial charge in [0.2, 0.25) is 0 Å². The van der Waals surface area contributed by atoms with E-state index in [4.69, 9.17) is 14.2 Å². The Morgan fingerprint density at radius 3 is 2.78 bits per heavy atom. The highest BCUT2D eigenvalue weighted by atomic mass is 16.5. The van der Waals surface area contributed by atoms with Crippen molar-refractivity contribution in [2.24, 2.45) is 0 Å². The van der Waals surface area contributed by atoms with Crippen LogP contribution >= 0.6 is 0 Å². The predicted molar refractivity (Wildman–Crippen MR) is 67.5 cm³/mol. The van der Waals surface area contributed by atoms with Gasteiger partial charge in [-0.05, 0) is 24.6 Å². The van der Waals surface area contributed by atoms with Crippen LogP contribution in [0.5, 0.6) is 11.5 Å². The quantitative estimate of drug-likeness (QED) is 0.823. The molecule has 0 saturated heterocycles. The number of carbonyl (C=O) groups excluding carboxylic acids is 1. The molecule has 0 N–H and O–H groups in total. The second-order valence-corrected chi connectivity index (χ2v) is 4.53. The van der Waals surface area contributed by atoms with Gasteiger partial charge in [0.1, 0.15) is 17.1 Å². The number of carbonyl (C=O) groups is 1. The van der Waals surface area contributed by atoms with E-state index in [9.17, 15) is 4.79 Å². The molecule has 0 bridgehead atoms. The van der Waals surface area contributed by atoms with Gasteiger partial charge in [0.05, 0.1) is 25.7 Å². The monoisotopic (exact) mass is 250 g/mol. The molecule has 1 aliphatic heterocycles. The number of hydrogen-bond acceptors (Lipinski definition) is 4. The molecule has 1 aromatic rings. The van der Waals surface area contributed by atoms with E-state index in [1.807, 2.05) is 6.92 Å². The van der Waals surface area contributed by atoms with Gasteiger partial charge in [-0.15, -0.1) is 0 Å². The molecule has 1 unspecified atom stereocenters. The van der Waals surface area contributed by atoms with Crippen molar-refractivity contribution in [3.05, 3.63) is 23.8 Å². The van der Waals surface area contributed by atoms with E-state index in [0.717, 1.165) is 6.42 Å². The molecule has 0 radical (unpaired) electrons. The summed E-state index contributed by atoms with van der Waals surface area (Å²) in [7, 11) is 3.20. The fourth-order valence-electron chi connectivity index (χ4n) is 2.24. The molecule has 1 heterocycles. The van der Waals surface area contributed by atoms with Crippen molar-refractivity contribution < 1.29 is 19.0 Å². The number of rotatable bonds is 4. The number of methoxy groups -OCH3 is 2. The maximum absolute atomic E-state index is 12.2. The number of hydrogen-bond donors (Lipinski definition) is 0. The molecule has 98 valence electrons. The van der Waals surface area contributed by atoms with E-state index >= 15 is 0 Å². The van der Waals surface area contributed by atoms with Crippen molar-refractivity contribution in [2.45, 2.75) is 25.4 Å². The van der Waals surface area contributed by atoms with Crippen molar-refractivity contribution in [3.63, 3.8) is 0 Å². The first-order valence-corrected chi connectivity index (χ1v) is 6.03. The summed E-state index contributed by atoms with van der Waals surface area (Å²) in [5, 5.41) is 0. The van der Waals surface area contributed by atoms with Crippen molar-refractivity contribution in [1.82, 2.24) is 0 Å². The van der Waals surface area contributed by atoms with E-state index in [1.165, 1.54) is 0 Å². The largest absolute Gasteiger partial charge is 0.497 e. The maximum atomic E-state index is 12.2. The van der Waals surface area contributed by atoms with E-state index in [2.05, 4.69) is 0 Å². The van der Waals surface area contributed by atoms with Crippen LogP contribution < -0.4 is 9.47 Å². The van der Waals surface area contributed by atoms with Crippen LogP contribution in [0.15, 0.2) is 18.2 Å². The van der Waals surface area contributed by atoms with Crippen molar-refractivity contribution in [3.8, 4) is 11.5 Å². The van der Waals surface area contributed by atoms with Crippen LogP contribution in [0.4, 0.5) is 0 Å². The summed E-state index contributed by atoms with van der Waals surface area (Å²) in [6, 6.07) is 5.31. The van der Waals surface area contributed by atoms with Crippen LogP contribution in [0.2, 0.25) is 0 Å².